The lowest BCUT2D eigenvalue weighted by molar-refractivity contribution is -0.167. The summed E-state index contributed by atoms with van der Waals surface area (Å²) in [6.45, 7) is 1.85. The molecule has 0 aromatic heterocycles. The van der Waals surface area contributed by atoms with Gasteiger partial charge in [0.25, 0.3) is 0 Å². The van der Waals surface area contributed by atoms with Gasteiger partial charge in [0.05, 0.1) is 6.04 Å². The van der Waals surface area contributed by atoms with E-state index < -0.39 is 11.4 Å². The van der Waals surface area contributed by atoms with E-state index >= 15 is 0 Å². The summed E-state index contributed by atoms with van der Waals surface area (Å²) in [5.41, 5.74) is -0.408. The minimum atomic E-state index is -1.23. The van der Waals surface area contributed by atoms with Gasteiger partial charge < -0.3 is 10.0 Å². The monoisotopic (exact) mass is 295 g/mol. The zero-order chi connectivity index (χ0) is 14.9. The van der Waals surface area contributed by atoms with Crippen molar-refractivity contribution in [3.05, 3.63) is 34.9 Å². The van der Waals surface area contributed by atoms with Crippen molar-refractivity contribution in [2.75, 3.05) is 7.05 Å². The van der Waals surface area contributed by atoms with Crippen LogP contribution in [-0.4, -0.2) is 28.9 Å². The first-order chi connectivity index (χ1) is 9.40. The first-order valence-electron chi connectivity index (χ1n) is 6.65. The number of carboxylic acids is 1. The Kier molecular flexibility index (Phi) is 4.04. The van der Waals surface area contributed by atoms with Crippen molar-refractivity contribution in [2.24, 2.45) is 5.41 Å². The number of amides is 1. The molecule has 0 saturated heterocycles. The highest BCUT2D eigenvalue weighted by molar-refractivity contribution is 6.31. The quantitative estimate of drug-likeness (QED) is 0.868. The number of halogens is 1. The second-order valence-electron chi connectivity index (χ2n) is 5.35. The largest absolute Gasteiger partial charge is 0.480 e. The molecule has 1 saturated carbocycles. The fourth-order valence-electron chi connectivity index (χ4n) is 2.59. The average Bonchev–Trinajstić information content (AvgIpc) is 2.35. The summed E-state index contributed by atoms with van der Waals surface area (Å²) in [7, 11) is 1.64. The molecule has 1 N–H and O–H groups in total. The van der Waals surface area contributed by atoms with Gasteiger partial charge in [0, 0.05) is 12.1 Å². The summed E-state index contributed by atoms with van der Waals surface area (Å²) in [6.07, 6.45) is 1.62. The summed E-state index contributed by atoms with van der Waals surface area (Å²) in [5, 5.41) is 9.92. The van der Waals surface area contributed by atoms with Crippen LogP contribution in [0, 0.1) is 5.41 Å². The van der Waals surface area contributed by atoms with Crippen molar-refractivity contribution < 1.29 is 14.7 Å². The predicted molar refractivity (Wildman–Crippen MR) is 76.6 cm³/mol. The number of rotatable bonds is 4. The maximum Gasteiger partial charge on any atom is 0.319 e. The Morgan fingerprint density at radius 3 is 2.40 bits per heavy atom. The van der Waals surface area contributed by atoms with Crippen LogP contribution in [0.4, 0.5) is 0 Å². The molecular formula is C15H18ClNO3. The predicted octanol–water partition coefficient (Wildman–Crippen LogP) is 3.11. The number of hydrogen-bond acceptors (Lipinski definition) is 2. The van der Waals surface area contributed by atoms with Crippen LogP contribution in [0.5, 0.6) is 0 Å². The summed E-state index contributed by atoms with van der Waals surface area (Å²) in [6, 6.07) is 7.04. The van der Waals surface area contributed by atoms with E-state index in [9.17, 15) is 14.7 Å². The molecule has 20 heavy (non-hydrogen) atoms. The SMILES string of the molecule is CC(c1ccccc1Cl)N(C)C(=O)C1(C(=O)O)CCC1. The Morgan fingerprint density at radius 2 is 1.95 bits per heavy atom. The highest BCUT2D eigenvalue weighted by Gasteiger charge is 2.53. The Bertz CT molecular complexity index is 540. The topological polar surface area (TPSA) is 57.6 Å². The van der Waals surface area contributed by atoms with Crippen LogP contribution < -0.4 is 0 Å². The van der Waals surface area contributed by atoms with Crippen molar-refractivity contribution in [1.82, 2.24) is 4.90 Å². The Balaban J connectivity index is 2.23. The zero-order valence-corrected chi connectivity index (χ0v) is 12.4. The van der Waals surface area contributed by atoms with Gasteiger partial charge in [0.15, 0.2) is 0 Å². The minimum absolute atomic E-state index is 0.256. The molecule has 1 unspecified atom stereocenters. The molecule has 1 atom stereocenters. The molecule has 0 radical (unpaired) electrons. The number of aliphatic carboxylic acids is 1. The molecule has 0 aliphatic heterocycles. The van der Waals surface area contributed by atoms with Gasteiger partial charge in [0.1, 0.15) is 5.41 Å². The Morgan fingerprint density at radius 1 is 1.35 bits per heavy atom. The van der Waals surface area contributed by atoms with Crippen LogP contribution in [0.15, 0.2) is 24.3 Å². The molecule has 1 fully saturated rings. The second-order valence-corrected chi connectivity index (χ2v) is 5.76. The molecule has 1 aromatic carbocycles. The van der Waals surface area contributed by atoms with Crippen LogP contribution in [-0.2, 0) is 9.59 Å². The fraction of sp³-hybridized carbons (Fsp3) is 0.467. The van der Waals surface area contributed by atoms with Crippen LogP contribution in [0.25, 0.3) is 0 Å². The summed E-state index contributed by atoms with van der Waals surface area (Å²) in [4.78, 5) is 25.4. The molecular weight excluding hydrogens is 278 g/mol. The van der Waals surface area contributed by atoms with Gasteiger partial charge in [-0.3, -0.25) is 9.59 Å². The highest BCUT2D eigenvalue weighted by atomic mass is 35.5. The van der Waals surface area contributed by atoms with Gasteiger partial charge in [-0.2, -0.15) is 0 Å². The van der Waals surface area contributed by atoms with Crippen molar-refractivity contribution in [1.29, 1.82) is 0 Å². The van der Waals surface area contributed by atoms with E-state index in [1.165, 1.54) is 4.90 Å². The Hall–Kier alpha value is -1.55. The normalized spacial score (nSPS) is 17.9. The molecule has 1 aliphatic carbocycles. The first-order valence-corrected chi connectivity index (χ1v) is 7.03. The first kappa shape index (κ1) is 14.9. The second kappa shape index (κ2) is 5.44. The van der Waals surface area contributed by atoms with Crippen LogP contribution in [0.3, 0.4) is 0 Å². The van der Waals surface area contributed by atoms with Crippen molar-refractivity contribution in [3.63, 3.8) is 0 Å². The lowest BCUT2D eigenvalue weighted by Gasteiger charge is -2.40. The number of nitrogens with zero attached hydrogens (tertiary/aromatic N) is 1. The molecule has 5 heteroatoms. The lowest BCUT2D eigenvalue weighted by Crippen LogP contribution is -2.52. The van der Waals surface area contributed by atoms with Gasteiger partial charge in [0.2, 0.25) is 5.91 Å². The lowest BCUT2D eigenvalue weighted by atomic mass is 9.67. The maximum atomic E-state index is 12.5. The molecule has 4 nitrogen and oxygen atoms in total. The number of benzene rings is 1. The number of carbonyl (C=O) groups is 2. The van der Waals surface area contributed by atoms with E-state index in [1.807, 2.05) is 25.1 Å². The molecule has 0 spiro atoms. The number of hydrogen-bond donors (Lipinski definition) is 1. The molecule has 1 aliphatic rings. The Labute approximate surface area is 123 Å². The summed E-state index contributed by atoms with van der Waals surface area (Å²) < 4.78 is 0. The van der Waals surface area contributed by atoms with Crippen molar-refractivity contribution >= 4 is 23.5 Å². The van der Waals surface area contributed by atoms with Gasteiger partial charge in [-0.25, -0.2) is 0 Å². The third kappa shape index (κ3) is 2.29. The van der Waals surface area contributed by atoms with E-state index in [2.05, 4.69) is 0 Å². The van der Waals surface area contributed by atoms with E-state index in [1.54, 1.807) is 13.1 Å². The van der Waals surface area contributed by atoms with E-state index in [0.717, 1.165) is 12.0 Å². The van der Waals surface area contributed by atoms with Crippen molar-refractivity contribution in [2.45, 2.75) is 32.2 Å². The number of carbonyl (C=O) groups excluding carboxylic acids is 1. The van der Waals surface area contributed by atoms with E-state index in [4.69, 9.17) is 11.6 Å². The maximum absolute atomic E-state index is 12.5. The van der Waals surface area contributed by atoms with Gasteiger partial charge in [-0.15, -0.1) is 0 Å². The smallest absolute Gasteiger partial charge is 0.319 e. The molecule has 1 amide bonds. The molecule has 1 aromatic rings. The average molecular weight is 296 g/mol. The van der Waals surface area contributed by atoms with E-state index in [0.29, 0.717) is 17.9 Å². The third-order valence-electron chi connectivity index (χ3n) is 4.28. The summed E-state index contributed by atoms with van der Waals surface area (Å²) >= 11 is 6.14. The van der Waals surface area contributed by atoms with Crippen LogP contribution in [0.1, 0.15) is 37.8 Å². The molecule has 2 rings (SSSR count). The summed E-state index contributed by atoms with van der Waals surface area (Å²) in [5.74, 6) is -1.35. The van der Waals surface area contributed by atoms with Crippen LogP contribution >= 0.6 is 11.6 Å². The van der Waals surface area contributed by atoms with E-state index in [-0.39, 0.29) is 11.9 Å². The highest BCUT2D eigenvalue weighted by Crippen LogP contribution is 2.44. The van der Waals surface area contributed by atoms with Crippen LogP contribution in [0.2, 0.25) is 5.02 Å². The standard InChI is InChI=1S/C15H18ClNO3/c1-10(11-6-3-4-7-12(11)16)17(2)13(18)15(14(19)20)8-5-9-15/h3-4,6-7,10H,5,8-9H2,1-2H3,(H,19,20). The fourth-order valence-corrected chi connectivity index (χ4v) is 2.88. The molecule has 0 bridgehead atoms. The van der Waals surface area contributed by atoms with Gasteiger partial charge in [-0.05, 0) is 31.4 Å². The minimum Gasteiger partial charge on any atom is -0.480 e. The number of carboxylic acid groups (broad SMARTS) is 1. The molecule has 0 heterocycles. The molecule has 108 valence electrons. The van der Waals surface area contributed by atoms with Gasteiger partial charge >= 0.3 is 5.97 Å². The zero-order valence-electron chi connectivity index (χ0n) is 11.6. The third-order valence-corrected chi connectivity index (χ3v) is 4.63. The van der Waals surface area contributed by atoms with Gasteiger partial charge in [-0.1, -0.05) is 36.2 Å². The van der Waals surface area contributed by atoms with Crippen molar-refractivity contribution in [3.8, 4) is 0 Å².